The number of benzene rings is 3. The van der Waals surface area contributed by atoms with Gasteiger partial charge in [-0.25, -0.2) is 8.42 Å². The van der Waals surface area contributed by atoms with Crippen LogP contribution >= 0.6 is 0 Å². The van der Waals surface area contributed by atoms with Gasteiger partial charge in [0.05, 0.1) is 10.6 Å². The monoisotopic (exact) mass is 380 g/mol. The molecule has 5 nitrogen and oxygen atoms in total. The van der Waals surface area contributed by atoms with Gasteiger partial charge in [-0.3, -0.25) is 9.10 Å². The Bertz CT molecular complexity index is 1060. The lowest BCUT2D eigenvalue weighted by atomic mass is 10.1. The zero-order valence-electron chi connectivity index (χ0n) is 15.1. The number of carbonyl (C=O) groups is 1. The normalized spacial score (nSPS) is 11.0. The largest absolute Gasteiger partial charge is 0.322 e. The molecule has 0 bridgehead atoms. The van der Waals surface area contributed by atoms with Crippen molar-refractivity contribution in [2.45, 2.75) is 11.8 Å². The zero-order chi connectivity index (χ0) is 19.4. The van der Waals surface area contributed by atoms with E-state index in [1.807, 2.05) is 31.2 Å². The minimum atomic E-state index is -3.78. The number of para-hydroxylation sites is 2. The molecule has 0 spiro atoms. The fraction of sp³-hybridized carbons (Fsp3) is 0.0952. The third kappa shape index (κ3) is 4.01. The molecule has 0 aliphatic heterocycles. The molecule has 0 aliphatic rings. The van der Waals surface area contributed by atoms with Gasteiger partial charge in [-0.1, -0.05) is 42.5 Å². The van der Waals surface area contributed by atoms with Crippen LogP contribution in [0.1, 0.15) is 15.9 Å². The van der Waals surface area contributed by atoms with Crippen LogP contribution in [0.15, 0.2) is 83.8 Å². The third-order valence-electron chi connectivity index (χ3n) is 4.27. The van der Waals surface area contributed by atoms with Crippen LogP contribution in [-0.2, 0) is 10.0 Å². The molecule has 0 saturated heterocycles. The van der Waals surface area contributed by atoms with Crippen LogP contribution in [0.5, 0.6) is 0 Å². The van der Waals surface area contributed by atoms with Crippen molar-refractivity contribution in [2.24, 2.45) is 0 Å². The van der Waals surface area contributed by atoms with Crippen molar-refractivity contribution in [3.63, 3.8) is 0 Å². The number of nitrogens with zero attached hydrogens (tertiary/aromatic N) is 1. The Morgan fingerprint density at radius 3 is 2.26 bits per heavy atom. The molecule has 1 N–H and O–H groups in total. The molecule has 0 aliphatic carbocycles. The minimum Gasteiger partial charge on any atom is -0.322 e. The predicted octanol–water partition coefficient (Wildman–Crippen LogP) is 4.07. The second-order valence-corrected chi connectivity index (χ2v) is 8.07. The molecule has 0 atom stereocenters. The van der Waals surface area contributed by atoms with Gasteiger partial charge in [-0.05, 0) is 48.9 Å². The molecule has 6 heteroatoms. The van der Waals surface area contributed by atoms with Crippen molar-refractivity contribution in [3.05, 3.63) is 90.0 Å². The van der Waals surface area contributed by atoms with Gasteiger partial charge >= 0.3 is 0 Å². The van der Waals surface area contributed by atoms with Crippen LogP contribution in [0.25, 0.3) is 0 Å². The van der Waals surface area contributed by atoms with E-state index in [2.05, 4.69) is 5.32 Å². The summed E-state index contributed by atoms with van der Waals surface area (Å²) >= 11 is 0. The van der Waals surface area contributed by atoms with Gasteiger partial charge in [-0.2, -0.15) is 0 Å². The Morgan fingerprint density at radius 2 is 1.56 bits per heavy atom. The fourth-order valence-corrected chi connectivity index (χ4v) is 3.88. The van der Waals surface area contributed by atoms with E-state index in [1.54, 1.807) is 42.5 Å². The van der Waals surface area contributed by atoms with E-state index in [4.69, 9.17) is 0 Å². The van der Waals surface area contributed by atoms with Gasteiger partial charge in [-0.15, -0.1) is 0 Å². The predicted molar refractivity (Wildman–Crippen MR) is 108 cm³/mol. The fourth-order valence-electron chi connectivity index (χ4n) is 2.64. The van der Waals surface area contributed by atoms with E-state index < -0.39 is 10.0 Å². The molecule has 0 unspecified atom stereocenters. The molecule has 0 radical (unpaired) electrons. The van der Waals surface area contributed by atoms with E-state index in [1.165, 1.54) is 23.5 Å². The molecule has 138 valence electrons. The number of hydrogen-bond donors (Lipinski definition) is 1. The Kier molecular flexibility index (Phi) is 5.28. The van der Waals surface area contributed by atoms with Crippen molar-refractivity contribution in [1.82, 2.24) is 0 Å². The summed E-state index contributed by atoms with van der Waals surface area (Å²) in [7, 11) is -2.28. The van der Waals surface area contributed by atoms with Crippen molar-refractivity contribution in [3.8, 4) is 0 Å². The first-order chi connectivity index (χ1) is 12.9. The number of anilines is 2. The molecular weight excluding hydrogens is 360 g/mol. The lowest BCUT2D eigenvalue weighted by molar-refractivity contribution is 0.102. The van der Waals surface area contributed by atoms with Crippen molar-refractivity contribution < 1.29 is 13.2 Å². The Labute approximate surface area is 159 Å². The molecular formula is C21H20N2O3S. The number of rotatable bonds is 5. The Hall–Kier alpha value is -3.12. The first-order valence-electron chi connectivity index (χ1n) is 8.40. The molecule has 0 aromatic heterocycles. The van der Waals surface area contributed by atoms with Crippen LogP contribution < -0.4 is 9.62 Å². The lowest BCUT2D eigenvalue weighted by Gasteiger charge is -2.19. The highest BCUT2D eigenvalue weighted by molar-refractivity contribution is 7.92. The van der Waals surface area contributed by atoms with Crippen molar-refractivity contribution >= 4 is 27.3 Å². The van der Waals surface area contributed by atoms with E-state index >= 15 is 0 Å². The number of sulfonamides is 1. The van der Waals surface area contributed by atoms with E-state index in [9.17, 15) is 13.2 Å². The summed E-state index contributed by atoms with van der Waals surface area (Å²) < 4.78 is 27.0. The van der Waals surface area contributed by atoms with Crippen molar-refractivity contribution in [1.29, 1.82) is 0 Å². The zero-order valence-corrected chi connectivity index (χ0v) is 15.9. The van der Waals surface area contributed by atoms with E-state index in [-0.39, 0.29) is 16.4 Å². The number of carbonyl (C=O) groups excluding carboxylic acids is 1. The summed E-state index contributed by atoms with van der Waals surface area (Å²) in [6.07, 6.45) is 0. The summed E-state index contributed by atoms with van der Waals surface area (Å²) in [5, 5.41) is 2.82. The van der Waals surface area contributed by atoms with E-state index in [0.29, 0.717) is 11.4 Å². The summed E-state index contributed by atoms with van der Waals surface area (Å²) in [5.74, 6) is -0.358. The molecule has 0 fully saturated rings. The smallest absolute Gasteiger partial charge is 0.264 e. The standard InChI is InChI=1S/C21H20N2O3S/c1-16-9-6-7-14-20(16)22-21(24)17-10-8-13-19(15-17)27(25,26)23(2)18-11-4-3-5-12-18/h3-15H,1-2H3,(H,22,24). The molecule has 3 aromatic rings. The van der Waals surface area contributed by atoms with Gasteiger partial charge in [0.1, 0.15) is 0 Å². The highest BCUT2D eigenvalue weighted by Crippen LogP contribution is 2.23. The van der Waals surface area contributed by atoms with Gasteiger partial charge in [0.15, 0.2) is 0 Å². The summed E-state index contributed by atoms with van der Waals surface area (Å²) in [5.41, 5.74) is 2.45. The number of amides is 1. The maximum Gasteiger partial charge on any atom is 0.264 e. The SMILES string of the molecule is Cc1ccccc1NC(=O)c1cccc(S(=O)(=O)N(C)c2ccccc2)c1. The minimum absolute atomic E-state index is 0.0614. The molecule has 3 aromatic carbocycles. The quantitative estimate of drug-likeness (QED) is 0.725. The first kappa shape index (κ1) is 18.7. The third-order valence-corrected chi connectivity index (χ3v) is 6.05. The molecule has 3 rings (SSSR count). The number of hydrogen-bond acceptors (Lipinski definition) is 3. The average Bonchev–Trinajstić information content (AvgIpc) is 2.70. The van der Waals surface area contributed by atoms with Gasteiger partial charge in [0, 0.05) is 18.3 Å². The average molecular weight is 380 g/mol. The summed E-state index contributed by atoms with van der Waals surface area (Å²) in [6.45, 7) is 1.89. The maximum atomic E-state index is 12.9. The van der Waals surface area contributed by atoms with Crippen LogP contribution in [-0.4, -0.2) is 21.4 Å². The Morgan fingerprint density at radius 1 is 0.889 bits per heavy atom. The van der Waals surface area contributed by atoms with Crippen LogP contribution in [0.4, 0.5) is 11.4 Å². The van der Waals surface area contributed by atoms with E-state index in [0.717, 1.165) is 5.56 Å². The molecule has 1 amide bonds. The second-order valence-electron chi connectivity index (χ2n) is 6.10. The van der Waals surface area contributed by atoms with Crippen LogP contribution in [0.3, 0.4) is 0 Å². The van der Waals surface area contributed by atoms with Crippen LogP contribution in [0.2, 0.25) is 0 Å². The molecule has 27 heavy (non-hydrogen) atoms. The molecule has 0 saturated carbocycles. The van der Waals surface area contributed by atoms with Gasteiger partial charge in [0.25, 0.3) is 15.9 Å². The van der Waals surface area contributed by atoms with Gasteiger partial charge in [0.2, 0.25) is 0 Å². The van der Waals surface area contributed by atoms with Crippen molar-refractivity contribution in [2.75, 3.05) is 16.7 Å². The lowest BCUT2D eigenvalue weighted by Crippen LogP contribution is -2.26. The highest BCUT2D eigenvalue weighted by atomic mass is 32.2. The molecule has 0 heterocycles. The number of nitrogens with one attached hydrogen (secondary N) is 1. The van der Waals surface area contributed by atoms with Gasteiger partial charge < -0.3 is 5.32 Å². The highest BCUT2D eigenvalue weighted by Gasteiger charge is 2.22. The van der Waals surface area contributed by atoms with Crippen LogP contribution in [0, 0.1) is 6.92 Å². The topological polar surface area (TPSA) is 66.5 Å². The summed E-state index contributed by atoms with van der Waals surface area (Å²) in [4.78, 5) is 12.6. The Balaban J connectivity index is 1.89. The first-order valence-corrected chi connectivity index (χ1v) is 9.84. The second kappa shape index (κ2) is 7.63. The maximum absolute atomic E-state index is 12.9. The number of aryl methyl sites for hydroxylation is 1. The summed E-state index contributed by atoms with van der Waals surface area (Å²) in [6, 6.07) is 22.2.